The third kappa shape index (κ3) is 4.20. The maximum absolute atomic E-state index is 6.14. The minimum Gasteiger partial charge on any atom is -0.304 e. The van der Waals surface area contributed by atoms with Gasteiger partial charge in [0, 0.05) is 37.7 Å². The van der Waals surface area contributed by atoms with Crippen molar-refractivity contribution in [2.75, 3.05) is 39.8 Å². The van der Waals surface area contributed by atoms with Crippen molar-refractivity contribution in [1.29, 1.82) is 0 Å². The molecule has 2 rings (SSSR count). The van der Waals surface area contributed by atoms with E-state index in [-0.39, 0.29) is 0 Å². The first-order chi connectivity index (χ1) is 9.06. The van der Waals surface area contributed by atoms with Crippen LogP contribution in [0.15, 0.2) is 24.3 Å². The number of halogens is 1. The summed E-state index contributed by atoms with van der Waals surface area (Å²) in [6.07, 6.45) is 0. The topological polar surface area (TPSA) is 6.48 Å². The molecule has 3 heteroatoms. The van der Waals surface area contributed by atoms with Crippen LogP contribution in [0.2, 0.25) is 5.02 Å². The van der Waals surface area contributed by atoms with Gasteiger partial charge in [0.2, 0.25) is 0 Å². The fourth-order valence-electron chi connectivity index (χ4n) is 2.75. The summed E-state index contributed by atoms with van der Waals surface area (Å²) in [4.78, 5) is 4.99. The molecule has 19 heavy (non-hydrogen) atoms. The molecule has 0 aromatic heterocycles. The Morgan fingerprint density at radius 1 is 1.16 bits per heavy atom. The average Bonchev–Trinajstić information content (AvgIpc) is 2.37. The molecule has 0 N–H and O–H groups in total. The van der Waals surface area contributed by atoms with Crippen LogP contribution >= 0.6 is 11.6 Å². The molecule has 0 amide bonds. The third-order valence-corrected chi connectivity index (χ3v) is 4.37. The van der Waals surface area contributed by atoms with Crippen LogP contribution in [0.25, 0.3) is 0 Å². The van der Waals surface area contributed by atoms with E-state index < -0.39 is 0 Å². The number of rotatable bonds is 4. The van der Waals surface area contributed by atoms with Gasteiger partial charge in [-0.1, -0.05) is 37.6 Å². The molecule has 1 aliphatic rings. The van der Waals surface area contributed by atoms with Crippen molar-refractivity contribution in [3.05, 3.63) is 34.9 Å². The lowest BCUT2D eigenvalue weighted by molar-refractivity contribution is 0.140. The third-order valence-electron chi connectivity index (χ3n) is 4.13. The van der Waals surface area contributed by atoms with Gasteiger partial charge in [-0.25, -0.2) is 0 Å². The summed E-state index contributed by atoms with van der Waals surface area (Å²) in [6, 6.07) is 8.37. The summed E-state index contributed by atoms with van der Waals surface area (Å²) >= 11 is 6.14. The largest absolute Gasteiger partial charge is 0.304 e. The minimum absolute atomic E-state index is 0.571. The second-order valence-electron chi connectivity index (χ2n) is 6.01. The zero-order chi connectivity index (χ0) is 13.8. The highest BCUT2D eigenvalue weighted by Crippen LogP contribution is 2.27. The maximum atomic E-state index is 6.14. The van der Waals surface area contributed by atoms with E-state index in [9.17, 15) is 0 Å². The molecule has 2 nitrogen and oxygen atoms in total. The summed E-state index contributed by atoms with van der Waals surface area (Å²) in [7, 11) is 2.20. The maximum Gasteiger partial charge on any atom is 0.0408 e. The highest BCUT2D eigenvalue weighted by Gasteiger charge is 2.22. The molecule has 0 bridgehead atoms. The summed E-state index contributed by atoms with van der Waals surface area (Å²) in [5.74, 6) is 1.21. The van der Waals surface area contributed by atoms with E-state index in [2.05, 4.69) is 48.9 Å². The zero-order valence-electron chi connectivity index (χ0n) is 12.3. The van der Waals surface area contributed by atoms with Gasteiger partial charge in [-0.05, 0) is 36.6 Å². The Kier molecular flexibility index (Phi) is 5.26. The van der Waals surface area contributed by atoms with Crippen LogP contribution in [0.1, 0.15) is 25.3 Å². The number of hydrogen-bond donors (Lipinski definition) is 0. The van der Waals surface area contributed by atoms with E-state index in [1.807, 2.05) is 6.07 Å². The molecule has 0 aliphatic carbocycles. The molecule has 1 aromatic rings. The van der Waals surface area contributed by atoms with E-state index in [4.69, 9.17) is 11.6 Å². The molecule has 1 aliphatic heterocycles. The fourth-order valence-corrected chi connectivity index (χ4v) is 2.95. The molecular weight excluding hydrogens is 256 g/mol. The number of likely N-dealkylation sites (N-methyl/N-ethyl adjacent to an activating group) is 1. The molecule has 0 radical (unpaired) electrons. The van der Waals surface area contributed by atoms with Crippen molar-refractivity contribution in [3.63, 3.8) is 0 Å². The van der Waals surface area contributed by atoms with Crippen LogP contribution in [0.3, 0.4) is 0 Å². The number of hydrogen-bond acceptors (Lipinski definition) is 2. The van der Waals surface area contributed by atoms with Gasteiger partial charge in [-0.15, -0.1) is 0 Å². The van der Waals surface area contributed by atoms with Crippen LogP contribution in [0.4, 0.5) is 0 Å². The Morgan fingerprint density at radius 3 is 2.42 bits per heavy atom. The van der Waals surface area contributed by atoms with E-state index in [0.717, 1.165) is 11.6 Å². The quantitative estimate of drug-likeness (QED) is 0.835. The highest BCUT2D eigenvalue weighted by molar-refractivity contribution is 6.30. The summed E-state index contributed by atoms with van der Waals surface area (Å²) in [5.41, 5.74) is 1.38. The predicted octanol–water partition coefficient (Wildman–Crippen LogP) is 3.33. The standard InChI is InChI=1S/C16H25ClN2/c1-13(2)16(14-5-4-6-15(17)11-14)12-19-9-7-18(3)8-10-19/h4-6,11,13,16H,7-10,12H2,1-3H3. The summed E-state index contributed by atoms with van der Waals surface area (Å²) < 4.78 is 0. The van der Waals surface area contributed by atoms with Gasteiger partial charge in [-0.2, -0.15) is 0 Å². The van der Waals surface area contributed by atoms with Gasteiger partial charge in [0.15, 0.2) is 0 Å². The Labute approximate surface area is 122 Å². The van der Waals surface area contributed by atoms with E-state index in [1.165, 1.54) is 31.7 Å². The average molecular weight is 281 g/mol. The normalized spacial score (nSPS) is 19.8. The molecule has 106 valence electrons. The van der Waals surface area contributed by atoms with Gasteiger partial charge in [-0.3, -0.25) is 0 Å². The molecule has 0 saturated carbocycles. The fraction of sp³-hybridized carbons (Fsp3) is 0.625. The number of piperazine rings is 1. The number of benzene rings is 1. The van der Waals surface area contributed by atoms with Crippen LogP contribution in [-0.2, 0) is 0 Å². The van der Waals surface area contributed by atoms with Crippen molar-refractivity contribution in [3.8, 4) is 0 Å². The van der Waals surface area contributed by atoms with Crippen LogP contribution < -0.4 is 0 Å². The summed E-state index contributed by atoms with van der Waals surface area (Å²) in [5, 5.41) is 0.849. The highest BCUT2D eigenvalue weighted by atomic mass is 35.5. The molecular formula is C16H25ClN2. The zero-order valence-corrected chi connectivity index (χ0v) is 13.0. The predicted molar refractivity (Wildman–Crippen MR) is 83.0 cm³/mol. The van der Waals surface area contributed by atoms with Crippen molar-refractivity contribution >= 4 is 11.6 Å². The Balaban J connectivity index is 2.04. The Morgan fingerprint density at radius 2 is 1.84 bits per heavy atom. The van der Waals surface area contributed by atoms with Crippen LogP contribution in [0, 0.1) is 5.92 Å². The van der Waals surface area contributed by atoms with Gasteiger partial charge in [0.1, 0.15) is 0 Å². The van der Waals surface area contributed by atoms with Crippen molar-refractivity contribution in [1.82, 2.24) is 9.80 Å². The molecule has 1 fully saturated rings. The lowest BCUT2D eigenvalue weighted by Crippen LogP contribution is -2.46. The van der Waals surface area contributed by atoms with Gasteiger partial charge >= 0.3 is 0 Å². The van der Waals surface area contributed by atoms with Crippen LogP contribution in [0.5, 0.6) is 0 Å². The first-order valence-corrected chi connectivity index (χ1v) is 7.60. The lowest BCUT2D eigenvalue weighted by atomic mass is 9.88. The van der Waals surface area contributed by atoms with Crippen molar-refractivity contribution in [2.24, 2.45) is 5.92 Å². The Bertz CT molecular complexity index is 397. The molecule has 1 unspecified atom stereocenters. The summed E-state index contributed by atoms with van der Waals surface area (Å²) in [6.45, 7) is 10.5. The molecule has 1 heterocycles. The van der Waals surface area contributed by atoms with Gasteiger partial charge in [0.05, 0.1) is 0 Å². The molecule has 1 aromatic carbocycles. The number of nitrogens with zero attached hydrogens (tertiary/aromatic N) is 2. The Hall–Kier alpha value is -0.570. The lowest BCUT2D eigenvalue weighted by Gasteiger charge is -2.36. The van der Waals surface area contributed by atoms with Crippen molar-refractivity contribution in [2.45, 2.75) is 19.8 Å². The second-order valence-corrected chi connectivity index (χ2v) is 6.45. The molecule has 1 saturated heterocycles. The van der Waals surface area contributed by atoms with E-state index in [0.29, 0.717) is 11.8 Å². The van der Waals surface area contributed by atoms with Crippen molar-refractivity contribution < 1.29 is 0 Å². The van der Waals surface area contributed by atoms with E-state index >= 15 is 0 Å². The minimum atomic E-state index is 0.571. The SMILES string of the molecule is CC(C)C(CN1CCN(C)CC1)c1cccc(Cl)c1. The van der Waals surface area contributed by atoms with Gasteiger partial charge < -0.3 is 9.80 Å². The smallest absolute Gasteiger partial charge is 0.0408 e. The second kappa shape index (κ2) is 6.74. The molecule has 0 spiro atoms. The first-order valence-electron chi connectivity index (χ1n) is 7.22. The molecule has 1 atom stereocenters. The van der Waals surface area contributed by atoms with Crippen LogP contribution in [-0.4, -0.2) is 49.6 Å². The monoisotopic (exact) mass is 280 g/mol. The first kappa shape index (κ1) is 14.8. The van der Waals surface area contributed by atoms with Gasteiger partial charge in [0.25, 0.3) is 0 Å². The van der Waals surface area contributed by atoms with E-state index in [1.54, 1.807) is 0 Å².